The van der Waals surface area contributed by atoms with Gasteiger partial charge in [-0.1, -0.05) is 20.8 Å². The van der Waals surface area contributed by atoms with Crippen LogP contribution in [0.25, 0.3) is 0 Å². The summed E-state index contributed by atoms with van der Waals surface area (Å²) in [5, 5.41) is 7.32. The van der Waals surface area contributed by atoms with Gasteiger partial charge in [0.2, 0.25) is 0 Å². The van der Waals surface area contributed by atoms with E-state index in [1.807, 2.05) is 0 Å². The minimum atomic E-state index is -1.55. The third-order valence-corrected chi connectivity index (χ3v) is 8.64. The molecule has 1 saturated heterocycles. The summed E-state index contributed by atoms with van der Waals surface area (Å²) in [5.41, 5.74) is 0. The van der Waals surface area contributed by atoms with Crippen LogP contribution in [0.15, 0.2) is 0 Å². The van der Waals surface area contributed by atoms with Crippen molar-refractivity contribution in [2.75, 3.05) is 26.2 Å². The van der Waals surface area contributed by atoms with Gasteiger partial charge in [-0.05, 0) is 37.5 Å². The molecule has 102 valence electrons. The topological polar surface area (TPSA) is 33.3 Å². The quantitative estimate of drug-likeness (QED) is 0.587. The normalized spacial score (nSPS) is 22.8. The van der Waals surface area contributed by atoms with Crippen LogP contribution in [0.3, 0.4) is 0 Å². The molecule has 1 heterocycles. The van der Waals surface area contributed by atoms with Gasteiger partial charge in [-0.3, -0.25) is 0 Å². The Morgan fingerprint density at radius 2 is 2.06 bits per heavy atom. The molecule has 0 aromatic heterocycles. The molecule has 1 fully saturated rings. The first kappa shape index (κ1) is 15.2. The fraction of sp³-hybridized carbons (Fsp3) is 1.00. The van der Waals surface area contributed by atoms with E-state index in [0.29, 0.717) is 11.1 Å². The van der Waals surface area contributed by atoms with Crippen LogP contribution in [0.2, 0.25) is 18.1 Å². The molecule has 4 heteroatoms. The van der Waals surface area contributed by atoms with Crippen molar-refractivity contribution in [2.24, 2.45) is 0 Å². The van der Waals surface area contributed by atoms with Crippen molar-refractivity contribution < 1.29 is 4.43 Å². The first-order valence-electron chi connectivity index (χ1n) is 6.91. The zero-order valence-corrected chi connectivity index (χ0v) is 13.2. The Morgan fingerprint density at radius 3 is 2.59 bits per heavy atom. The van der Waals surface area contributed by atoms with E-state index in [1.54, 1.807) is 0 Å². The highest BCUT2D eigenvalue weighted by atomic mass is 28.4. The highest BCUT2D eigenvalue weighted by Gasteiger charge is 2.36. The van der Waals surface area contributed by atoms with E-state index < -0.39 is 8.32 Å². The summed E-state index contributed by atoms with van der Waals surface area (Å²) in [6.07, 6.45) is 2.59. The van der Waals surface area contributed by atoms with E-state index >= 15 is 0 Å². The van der Waals surface area contributed by atoms with Gasteiger partial charge in [-0.25, -0.2) is 0 Å². The van der Waals surface area contributed by atoms with Crippen LogP contribution in [0.5, 0.6) is 0 Å². The van der Waals surface area contributed by atoms with Crippen molar-refractivity contribution >= 4 is 8.32 Å². The zero-order chi connectivity index (χ0) is 12.9. The smallest absolute Gasteiger partial charge is 0.192 e. The van der Waals surface area contributed by atoms with E-state index in [0.717, 1.165) is 19.7 Å². The summed E-state index contributed by atoms with van der Waals surface area (Å²) in [6.45, 7) is 15.6. The molecular formula is C13H30N2OSi. The molecule has 3 nitrogen and oxygen atoms in total. The van der Waals surface area contributed by atoms with Crippen molar-refractivity contribution in [3.63, 3.8) is 0 Å². The molecule has 1 atom stereocenters. The molecule has 1 unspecified atom stereocenters. The number of hydrogen-bond acceptors (Lipinski definition) is 3. The van der Waals surface area contributed by atoms with Crippen molar-refractivity contribution in [1.29, 1.82) is 0 Å². The summed E-state index contributed by atoms with van der Waals surface area (Å²) in [5.74, 6) is 0. The second-order valence-corrected chi connectivity index (χ2v) is 11.4. The van der Waals surface area contributed by atoms with Crippen molar-refractivity contribution in [2.45, 2.75) is 57.8 Å². The third kappa shape index (κ3) is 5.08. The lowest BCUT2D eigenvalue weighted by molar-refractivity contribution is 0.271. The van der Waals surface area contributed by atoms with Crippen LogP contribution >= 0.6 is 0 Å². The van der Waals surface area contributed by atoms with Gasteiger partial charge in [0, 0.05) is 25.7 Å². The maximum absolute atomic E-state index is 6.14. The van der Waals surface area contributed by atoms with Crippen molar-refractivity contribution in [3.05, 3.63) is 0 Å². The molecule has 1 aliphatic rings. The van der Waals surface area contributed by atoms with Crippen LogP contribution in [-0.2, 0) is 4.43 Å². The molecule has 0 bridgehead atoms. The first-order chi connectivity index (χ1) is 7.83. The standard InChI is InChI=1S/C13H30N2OSi/c1-13(2,3)17(4,5)16-10-9-15-12-7-6-8-14-11-12/h12,14-15H,6-11H2,1-5H3. The Hall–Kier alpha value is 0.0969. The Bertz CT molecular complexity index is 220. The molecule has 0 saturated carbocycles. The average Bonchev–Trinajstić information content (AvgIpc) is 2.24. The predicted molar refractivity (Wildman–Crippen MR) is 77.0 cm³/mol. The van der Waals surface area contributed by atoms with Crippen molar-refractivity contribution in [3.8, 4) is 0 Å². The van der Waals surface area contributed by atoms with E-state index in [1.165, 1.54) is 19.4 Å². The largest absolute Gasteiger partial charge is 0.416 e. The van der Waals surface area contributed by atoms with Gasteiger partial charge in [0.05, 0.1) is 0 Å². The van der Waals surface area contributed by atoms with Gasteiger partial charge in [0.25, 0.3) is 0 Å². The molecule has 0 aromatic rings. The molecule has 1 aliphatic heterocycles. The minimum Gasteiger partial charge on any atom is -0.416 e. The number of piperidine rings is 1. The fourth-order valence-electron chi connectivity index (χ4n) is 1.81. The Morgan fingerprint density at radius 1 is 1.35 bits per heavy atom. The highest BCUT2D eigenvalue weighted by molar-refractivity contribution is 6.74. The maximum Gasteiger partial charge on any atom is 0.192 e. The summed E-state index contributed by atoms with van der Waals surface area (Å²) in [7, 11) is -1.55. The van der Waals surface area contributed by atoms with Crippen LogP contribution in [-0.4, -0.2) is 40.6 Å². The maximum atomic E-state index is 6.14. The van der Waals surface area contributed by atoms with Gasteiger partial charge >= 0.3 is 0 Å². The molecule has 0 spiro atoms. The van der Waals surface area contributed by atoms with Crippen LogP contribution in [0.1, 0.15) is 33.6 Å². The van der Waals surface area contributed by atoms with E-state index in [-0.39, 0.29) is 0 Å². The Labute approximate surface area is 108 Å². The highest BCUT2D eigenvalue weighted by Crippen LogP contribution is 2.36. The van der Waals surface area contributed by atoms with Crippen LogP contribution < -0.4 is 10.6 Å². The lowest BCUT2D eigenvalue weighted by Gasteiger charge is -2.36. The van der Waals surface area contributed by atoms with E-state index in [9.17, 15) is 0 Å². The summed E-state index contributed by atoms with van der Waals surface area (Å²) >= 11 is 0. The lowest BCUT2D eigenvalue weighted by atomic mass is 10.1. The van der Waals surface area contributed by atoms with Crippen LogP contribution in [0, 0.1) is 0 Å². The van der Waals surface area contributed by atoms with Crippen LogP contribution in [0.4, 0.5) is 0 Å². The second kappa shape index (κ2) is 6.32. The predicted octanol–water partition coefficient (Wildman–Crippen LogP) is 2.35. The molecule has 0 aliphatic carbocycles. The minimum absolute atomic E-state index is 0.319. The number of nitrogens with one attached hydrogen (secondary N) is 2. The monoisotopic (exact) mass is 258 g/mol. The third-order valence-electron chi connectivity index (χ3n) is 4.10. The molecular weight excluding hydrogens is 228 g/mol. The molecule has 1 rings (SSSR count). The van der Waals surface area contributed by atoms with Crippen molar-refractivity contribution in [1.82, 2.24) is 10.6 Å². The zero-order valence-electron chi connectivity index (χ0n) is 12.2. The van der Waals surface area contributed by atoms with Gasteiger partial charge in [0.1, 0.15) is 0 Å². The molecule has 0 aromatic carbocycles. The Kier molecular flexibility index (Phi) is 5.63. The molecule has 2 N–H and O–H groups in total. The number of rotatable bonds is 5. The first-order valence-corrected chi connectivity index (χ1v) is 9.82. The van der Waals surface area contributed by atoms with Gasteiger partial charge in [0.15, 0.2) is 8.32 Å². The van der Waals surface area contributed by atoms with Gasteiger partial charge in [-0.15, -0.1) is 0 Å². The molecule has 0 amide bonds. The average molecular weight is 258 g/mol. The van der Waals surface area contributed by atoms with Gasteiger partial charge < -0.3 is 15.1 Å². The number of hydrogen-bond donors (Lipinski definition) is 2. The van der Waals surface area contributed by atoms with E-state index in [4.69, 9.17) is 4.43 Å². The summed E-state index contributed by atoms with van der Waals surface area (Å²) in [6, 6.07) is 0.645. The fourth-order valence-corrected chi connectivity index (χ4v) is 2.86. The lowest BCUT2D eigenvalue weighted by Crippen LogP contribution is -2.46. The van der Waals surface area contributed by atoms with Gasteiger partial charge in [-0.2, -0.15) is 0 Å². The summed E-state index contributed by atoms with van der Waals surface area (Å²) in [4.78, 5) is 0. The summed E-state index contributed by atoms with van der Waals surface area (Å²) < 4.78 is 6.14. The second-order valence-electron chi connectivity index (χ2n) is 6.61. The molecule has 17 heavy (non-hydrogen) atoms. The Balaban J connectivity index is 2.15. The van der Waals surface area contributed by atoms with E-state index in [2.05, 4.69) is 44.5 Å². The SMILES string of the molecule is CC(C)(C)[Si](C)(C)OCCNC1CCCNC1. The molecule has 0 radical (unpaired) electrons.